The van der Waals surface area contributed by atoms with Gasteiger partial charge in [0, 0.05) is 12.2 Å². The Hall–Kier alpha value is -3.16. The molecule has 1 aromatic carbocycles. The Morgan fingerprint density at radius 1 is 1.32 bits per heavy atom. The van der Waals surface area contributed by atoms with Gasteiger partial charge in [0.15, 0.2) is 11.2 Å². The van der Waals surface area contributed by atoms with Crippen LogP contribution in [-0.4, -0.2) is 31.8 Å². The van der Waals surface area contributed by atoms with Gasteiger partial charge in [-0.05, 0) is 38.5 Å². The highest BCUT2D eigenvalue weighted by Gasteiger charge is 2.17. The fraction of sp³-hybridized carbons (Fsp3) is 0.294. The fourth-order valence-corrected chi connectivity index (χ4v) is 2.43. The topological polar surface area (TPSA) is 101 Å². The van der Waals surface area contributed by atoms with Crippen molar-refractivity contribution in [3.63, 3.8) is 0 Å². The third-order valence-electron chi connectivity index (χ3n) is 3.50. The lowest BCUT2D eigenvalue weighted by atomic mass is 10.2. The number of carbonyl (C=O) groups is 1. The predicted octanol–water partition coefficient (Wildman–Crippen LogP) is 1.44. The number of fused-ring (bicyclic) bond motifs is 1. The number of benzene rings is 1. The maximum Gasteiger partial charge on any atom is 0.276 e. The Morgan fingerprint density at radius 3 is 2.72 bits per heavy atom. The molecule has 0 unspecified atom stereocenters. The molecule has 8 heteroatoms. The zero-order valence-electron chi connectivity index (χ0n) is 14.2. The van der Waals surface area contributed by atoms with Gasteiger partial charge in [-0.15, -0.1) is 5.10 Å². The first-order valence-corrected chi connectivity index (χ1v) is 7.93. The van der Waals surface area contributed by atoms with Crippen LogP contribution < -0.4 is 15.6 Å². The number of H-pyrrole nitrogens is 1. The molecule has 0 saturated carbocycles. The Morgan fingerprint density at radius 2 is 2.04 bits per heavy atom. The number of ether oxygens (including phenoxy) is 1. The van der Waals surface area contributed by atoms with Crippen molar-refractivity contribution in [1.82, 2.24) is 25.1 Å². The summed E-state index contributed by atoms with van der Waals surface area (Å²) in [6.07, 6.45) is 1.71. The molecule has 0 spiro atoms. The van der Waals surface area contributed by atoms with Crippen molar-refractivity contribution in [2.75, 3.05) is 0 Å². The Bertz CT molecular complexity index is 957. The molecule has 25 heavy (non-hydrogen) atoms. The van der Waals surface area contributed by atoms with Gasteiger partial charge in [-0.25, -0.2) is 4.52 Å². The van der Waals surface area contributed by atoms with Gasteiger partial charge < -0.3 is 15.0 Å². The third kappa shape index (κ3) is 3.68. The van der Waals surface area contributed by atoms with E-state index in [1.165, 1.54) is 4.52 Å². The second kappa shape index (κ2) is 6.76. The number of aromatic nitrogens is 4. The molecular weight excluding hydrogens is 322 g/mol. The van der Waals surface area contributed by atoms with E-state index in [9.17, 15) is 9.59 Å². The molecule has 0 atom stereocenters. The number of nitrogens with one attached hydrogen (secondary N) is 2. The molecule has 2 aromatic heterocycles. The molecule has 8 nitrogen and oxygen atoms in total. The van der Waals surface area contributed by atoms with Crippen LogP contribution in [0.25, 0.3) is 5.52 Å². The van der Waals surface area contributed by atoms with Gasteiger partial charge in [0.25, 0.3) is 11.5 Å². The lowest BCUT2D eigenvalue weighted by Gasteiger charge is -2.10. The molecule has 0 radical (unpaired) electrons. The lowest BCUT2D eigenvalue weighted by Crippen LogP contribution is -2.25. The van der Waals surface area contributed by atoms with Crippen molar-refractivity contribution in [1.29, 1.82) is 0 Å². The summed E-state index contributed by atoms with van der Waals surface area (Å²) in [5.74, 6) is 0.322. The highest BCUT2D eigenvalue weighted by Crippen LogP contribution is 2.14. The summed E-state index contributed by atoms with van der Waals surface area (Å²) < 4.78 is 6.88. The van der Waals surface area contributed by atoms with Crippen molar-refractivity contribution < 1.29 is 9.53 Å². The number of hydrogen-bond acceptors (Lipinski definition) is 5. The second-order valence-electron chi connectivity index (χ2n) is 5.99. The number of aromatic amines is 1. The summed E-state index contributed by atoms with van der Waals surface area (Å²) in [7, 11) is 0. The molecule has 0 bridgehead atoms. The average molecular weight is 341 g/mol. The molecule has 3 aromatic rings. The van der Waals surface area contributed by atoms with Crippen LogP contribution >= 0.6 is 0 Å². The number of rotatable bonds is 5. The lowest BCUT2D eigenvalue weighted by molar-refractivity contribution is 0.0947. The Balaban J connectivity index is 1.72. The van der Waals surface area contributed by atoms with E-state index in [1.54, 1.807) is 13.1 Å². The number of nitrogens with zero attached hydrogens (tertiary/aromatic N) is 3. The monoisotopic (exact) mass is 341 g/mol. The minimum Gasteiger partial charge on any atom is -0.491 e. The average Bonchev–Trinajstić information content (AvgIpc) is 2.97. The van der Waals surface area contributed by atoms with Gasteiger partial charge in [0.05, 0.1) is 12.3 Å². The van der Waals surface area contributed by atoms with Gasteiger partial charge in [0.2, 0.25) is 0 Å². The van der Waals surface area contributed by atoms with E-state index >= 15 is 0 Å². The summed E-state index contributed by atoms with van der Waals surface area (Å²) in [6.45, 7) is 5.96. The highest BCUT2D eigenvalue weighted by molar-refractivity contribution is 5.98. The number of hydrogen-bond donors (Lipinski definition) is 2. The van der Waals surface area contributed by atoms with Crippen molar-refractivity contribution in [2.45, 2.75) is 33.4 Å². The van der Waals surface area contributed by atoms with E-state index in [2.05, 4.69) is 20.6 Å². The summed E-state index contributed by atoms with van der Waals surface area (Å²) in [6, 6.07) is 7.44. The largest absolute Gasteiger partial charge is 0.491 e. The van der Waals surface area contributed by atoms with Crippen molar-refractivity contribution in [2.24, 2.45) is 0 Å². The standard InChI is InChI=1S/C17H19N5O3/c1-10(2)25-13-6-4-12(5-7-13)8-18-16(23)14-15-17(24)19-11(3)9-22(15)21-20-14/h4-7,9-10H,8H2,1-3H3,(H,18,23)(H,19,24). The van der Waals surface area contributed by atoms with Gasteiger partial charge in [-0.3, -0.25) is 9.59 Å². The van der Waals surface area contributed by atoms with Gasteiger partial charge in [0.1, 0.15) is 5.75 Å². The molecule has 1 amide bonds. The number of amides is 1. The van der Waals surface area contributed by atoms with Gasteiger partial charge in [-0.1, -0.05) is 17.3 Å². The van der Waals surface area contributed by atoms with E-state index < -0.39 is 11.5 Å². The molecule has 3 rings (SSSR count). The fourth-order valence-electron chi connectivity index (χ4n) is 2.43. The second-order valence-corrected chi connectivity index (χ2v) is 5.99. The molecule has 0 aliphatic carbocycles. The molecule has 0 saturated heterocycles. The molecule has 0 aliphatic heterocycles. The Labute approximate surface area is 143 Å². The van der Waals surface area contributed by atoms with Crippen molar-refractivity contribution >= 4 is 11.4 Å². The van der Waals surface area contributed by atoms with Crippen molar-refractivity contribution in [3.8, 4) is 5.75 Å². The minimum atomic E-state index is -0.452. The predicted molar refractivity (Wildman–Crippen MR) is 91.7 cm³/mol. The van der Waals surface area contributed by atoms with Gasteiger partial charge in [-0.2, -0.15) is 0 Å². The normalized spacial score (nSPS) is 11.0. The quantitative estimate of drug-likeness (QED) is 0.731. The SMILES string of the molecule is Cc1cn2nnc(C(=O)NCc3ccc(OC(C)C)cc3)c2c(=O)[nH]1. The Kier molecular flexibility index (Phi) is 4.51. The highest BCUT2D eigenvalue weighted by atomic mass is 16.5. The first-order valence-electron chi connectivity index (χ1n) is 7.93. The molecule has 0 aliphatic rings. The van der Waals surface area contributed by atoms with Crippen LogP contribution in [-0.2, 0) is 6.54 Å². The number of aryl methyl sites for hydroxylation is 1. The van der Waals surface area contributed by atoms with Crippen LogP contribution in [0.5, 0.6) is 5.75 Å². The molecule has 2 heterocycles. The molecule has 0 fully saturated rings. The van der Waals surface area contributed by atoms with Crippen LogP contribution in [0.15, 0.2) is 35.3 Å². The maximum absolute atomic E-state index is 12.3. The summed E-state index contributed by atoms with van der Waals surface area (Å²) in [5.41, 5.74) is 1.28. The van der Waals surface area contributed by atoms with E-state index in [4.69, 9.17) is 4.74 Å². The van der Waals surface area contributed by atoms with Crippen LogP contribution in [0.3, 0.4) is 0 Å². The van der Waals surface area contributed by atoms with Crippen molar-refractivity contribution in [3.05, 3.63) is 57.8 Å². The van der Waals surface area contributed by atoms with E-state index in [0.29, 0.717) is 12.2 Å². The molecule has 2 N–H and O–H groups in total. The third-order valence-corrected chi connectivity index (χ3v) is 3.50. The van der Waals surface area contributed by atoms with E-state index in [-0.39, 0.29) is 17.3 Å². The maximum atomic E-state index is 12.3. The molecule has 130 valence electrons. The van der Waals surface area contributed by atoms with E-state index in [1.807, 2.05) is 38.1 Å². The van der Waals surface area contributed by atoms with E-state index in [0.717, 1.165) is 11.3 Å². The summed E-state index contributed by atoms with van der Waals surface area (Å²) in [5, 5.41) is 10.4. The smallest absolute Gasteiger partial charge is 0.276 e. The first kappa shape index (κ1) is 16.7. The summed E-state index contributed by atoms with van der Waals surface area (Å²) >= 11 is 0. The van der Waals surface area contributed by atoms with Crippen LogP contribution in [0.1, 0.15) is 35.6 Å². The summed E-state index contributed by atoms with van der Waals surface area (Å²) in [4.78, 5) is 27.0. The minimum absolute atomic E-state index is 0.000936. The zero-order valence-corrected chi connectivity index (χ0v) is 14.2. The molecular formula is C17H19N5O3. The van der Waals surface area contributed by atoms with Crippen LogP contribution in [0.4, 0.5) is 0 Å². The zero-order chi connectivity index (χ0) is 18.0. The first-order chi connectivity index (χ1) is 11.9. The van der Waals surface area contributed by atoms with Gasteiger partial charge >= 0.3 is 0 Å². The number of carbonyl (C=O) groups excluding carboxylic acids is 1. The van der Waals surface area contributed by atoms with Crippen LogP contribution in [0, 0.1) is 6.92 Å². The van der Waals surface area contributed by atoms with Crippen LogP contribution in [0.2, 0.25) is 0 Å².